The molecule has 2 atom stereocenters. The van der Waals surface area contributed by atoms with Gasteiger partial charge in [0.15, 0.2) is 0 Å². The smallest absolute Gasteiger partial charge is 0.309 e. The molecule has 6 heteroatoms. The number of rotatable bonds is 4. The lowest BCUT2D eigenvalue weighted by atomic mass is 9.93. The first-order valence-electron chi connectivity index (χ1n) is 7.84. The second kappa shape index (κ2) is 6.00. The number of halogens is 2. The van der Waals surface area contributed by atoms with Gasteiger partial charge in [-0.1, -0.05) is 32.0 Å². The molecule has 0 spiro atoms. The van der Waals surface area contributed by atoms with Crippen LogP contribution in [0.4, 0.5) is 8.78 Å². The lowest BCUT2D eigenvalue weighted by molar-refractivity contribution is -0.146. The number of esters is 1. The van der Waals surface area contributed by atoms with E-state index in [0.29, 0.717) is 17.9 Å². The zero-order valence-corrected chi connectivity index (χ0v) is 13.8. The van der Waals surface area contributed by atoms with Gasteiger partial charge in [0.25, 0.3) is 0 Å². The van der Waals surface area contributed by atoms with Gasteiger partial charge in [-0.15, -0.1) is 0 Å². The molecule has 0 aliphatic heterocycles. The average Bonchev–Trinajstić information content (AvgIpc) is 3.11. The quantitative estimate of drug-likeness (QED) is 0.790. The molecule has 1 saturated carbocycles. The first kappa shape index (κ1) is 16.6. The Morgan fingerprint density at radius 2 is 2.00 bits per heavy atom. The fraction of sp³-hybridized carbons (Fsp3) is 0.444. The Morgan fingerprint density at radius 1 is 1.33 bits per heavy atom. The Balaban J connectivity index is 1.59. The molecular weight excluding hydrogens is 316 g/mol. The van der Waals surface area contributed by atoms with Gasteiger partial charge < -0.3 is 9.26 Å². The van der Waals surface area contributed by atoms with E-state index in [1.165, 1.54) is 18.2 Å². The van der Waals surface area contributed by atoms with Crippen molar-refractivity contribution in [3.63, 3.8) is 0 Å². The SMILES string of the molecule is CC(C)(C)c1cc(COC(=O)[C@@H]2C[C@H]2c2c(F)cccc2F)no1. The summed E-state index contributed by atoms with van der Waals surface area (Å²) in [5, 5.41) is 3.87. The summed E-state index contributed by atoms with van der Waals surface area (Å²) >= 11 is 0. The van der Waals surface area contributed by atoms with E-state index in [1.807, 2.05) is 20.8 Å². The second-order valence-corrected chi connectivity index (χ2v) is 7.12. The molecule has 1 aliphatic carbocycles. The first-order chi connectivity index (χ1) is 11.3. The summed E-state index contributed by atoms with van der Waals surface area (Å²) in [6.07, 6.45) is 0.392. The fourth-order valence-electron chi connectivity index (χ4n) is 2.62. The van der Waals surface area contributed by atoms with Gasteiger partial charge in [0.1, 0.15) is 29.7 Å². The third kappa shape index (κ3) is 3.32. The van der Waals surface area contributed by atoms with E-state index in [9.17, 15) is 13.6 Å². The summed E-state index contributed by atoms with van der Waals surface area (Å²) in [6, 6.07) is 5.44. The zero-order chi connectivity index (χ0) is 17.5. The minimum absolute atomic E-state index is 0.0125. The summed E-state index contributed by atoms with van der Waals surface area (Å²) in [6.45, 7) is 5.95. The molecule has 0 radical (unpaired) electrons. The van der Waals surface area contributed by atoms with E-state index in [1.54, 1.807) is 6.07 Å². The maximum absolute atomic E-state index is 13.7. The number of hydrogen-bond acceptors (Lipinski definition) is 4. The highest BCUT2D eigenvalue weighted by molar-refractivity contribution is 5.77. The summed E-state index contributed by atoms with van der Waals surface area (Å²) in [7, 11) is 0. The number of carbonyl (C=O) groups excluding carboxylic acids is 1. The van der Waals surface area contributed by atoms with Gasteiger partial charge in [0, 0.05) is 23.0 Å². The molecule has 24 heavy (non-hydrogen) atoms. The van der Waals surface area contributed by atoms with E-state index < -0.39 is 29.4 Å². The van der Waals surface area contributed by atoms with Crippen molar-refractivity contribution in [2.45, 2.75) is 45.1 Å². The number of ether oxygens (including phenoxy) is 1. The molecule has 0 bridgehead atoms. The Kier molecular flexibility index (Phi) is 4.15. The fourth-order valence-corrected chi connectivity index (χ4v) is 2.62. The van der Waals surface area contributed by atoms with Crippen molar-refractivity contribution in [2.24, 2.45) is 5.92 Å². The highest BCUT2D eigenvalue weighted by atomic mass is 19.1. The van der Waals surface area contributed by atoms with E-state index in [4.69, 9.17) is 9.26 Å². The average molecular weight is 335 g/mol. The van der Waals surface area contributed by atoms with Crippen LogP contribution in [0.5, 0.6) is 0 Å². The molecule has 1 aliphatic rings. The summed E-state index contributed by atoms with van der Waals surface area (Å²) in [5.41, 5.74) is 0.303. The molecule has 2 aromatic rings. The summed E-state index contributed by atoms with van der Waals surface area (Å²) < 4.78 is 37.9. The van der Waals surface area contributed by atoms with Crippen LogP contribution in [0.3, 0.4) is 0 Å². The van der Waals surface area contributed by atoms with Crippen LogP contribution in [0.25, 0.3) is 0 Å². The predicted molar refractivity (Wildman–Crippen MR) is 82.2 cm³/mol. The Morgan fingerprint density at radius 3 is 2.58 bits per heavy atom. The molecule has 3 rings (SSSR count). The van der Waals surface area contributed by atoms with Crippen LogP contribution < -0.4 is 0 Å². The van der Waals surface area contributed by atoms with Gasteiger partial charge in [0.05, 0.1) is 5.92 Å². The predicted octanol–water partition coefficient (Wildman–Crippen LogP) is 4.10. The molecular formula is C18H19F2NO3. The van der Waals surface area contributed by atoms with Crippen molar-refractivity contribution in [3.8, 4) is 0 Å². The van der Waals surface area contributed by atoms with Crippen molar-refractivity contribution in [1.29, 1.82) is 0 Å². The van der Waals surface area contributed by atoms with E-state index in [2.05, 4.69) is 5.16 Å². The van der Waals surface area contributed by atoms with E-state index in [-0.39, 0.29) is 17.6 Å². The van der Waals surface area contributed by atoms with Crippen molar-refractivity contribution >= 4 is 5.97 Å². The molecule has 0 unspecified atom stereocenters. The largest absolute Gasteiger partial charge is 0.459 e. The number of carbonyl (C=O) groups is 1. The van der Waals surface area contributed by atoms with E-state index >= 15 is 0 Å². The van der Waals surface area contributed by atoms with E-state index in [0.717, 1.165) is 0 Å². The maximum atomic E-state index is 13.7. The zero-order valence-electron chi connectivity index (χ0n) is 13.8. The highest BCUT2D eigenvalue weighted by Gasteiger charge is 2.47. The monoisotopic (exact) mass is 335 g/mol. The van der Waals surface area contributed by atoms with Crippen LogP contribution >= 0.6 is 0 Å². The van der Waals surface area contributed by atoms with Crippen LogP contribution in [-0.4, -0.2) is 11.1 Å². The van der Waals surface area contributed by atoms with Crippen LogP contribution in [-0.2, 0) is 21.6 Å². The molecule has 0 saturated heterocycles. The number of nitrogens with zero attached hydrogens (tertiary/aromatic N) is 1. The van der Waals surface area contributed by atoms with Crippen molar-refractivity contribution < 1.29 is 22.8 Å². The molecule has 1 aromatic carbocycles. The first-order valence-corrected chi connectivity index (χ1v) is 7.84. The topological polar surface area (TPSA) is 52.3 Å². The highest BCUT2D eigenvalue weighted by Crippen LogP contribution is 2.49. The van der Waals surface area contributed by atoms with Crippen LogP contribution in [0, 0.1) is 17.6 Å². The van der Waals surface area contributed by atoms with Crippen LogP contribution in [0.1, 0.15) is 50.1 Å². The molecule has 0 N–H and O–H groups in total. The van der Waals surface area contributed by atoms with Gasteiger partial charge in [0.2, 0.25) is 0 Å². The lowest BCUT2D eigenvalue weighted by Gasteiger charge is -2.12. The summed E-state index contributed by atoms with van der Waals surface area (Å²) in [5.74, 6) is -1.98. The molecule has 128 valence electrons. The summed E-state index contributed by atoms with van der Waals surface area (Å²) in [4.78, 5) is 12.1. The van der Waals surface area contributed by atoms with Gasteiger partial charge >= 0.3 is 5.97 Å². The number of benzene rings is 1. The van der Waals surface area contributed by atoms with Crippen LogP contribution in [0.15, 0.2) is 28.8 Å². The third-order valence-electron chi connectivity index (χ3n) is 4.12. The Labute approximate surface area is 138 Å². The van der Waals surface area contributed by atoms with Gasteiger partial charge in [-0.05, 0) is 18.6 Å². The molecule has 4 nitrogen and oxygen atoms in total. The molecule has 1 fully saturated rings. The standard InChI is InChI=1S/C18H19F2NO3/c1-18(2,3)15-7-10(21-24-15)9-23-17(22)12-8-11(12)16-13(19)5-4-6-14(16)20/h4-7,11-12H,8-9H2,1-3H3/t11-,12-/m1/s1. The molecule has 1 heterocycles. The van der Waals surface area contributed by atoms with Crippen LogP contribution in [0.2, 0.25) is 0 Å². The van der Waals surface area contributed by atoms with Crippen molar-refractivity contribution in [3.05, 3.63) is 52.9 Å². The minimum Gasteiger partial charge on any atom is -0.459 e. The number of aromatic nitrogens is 1. The number of hydrogen-bond donors (Lipinski definition) is 0. The van der Waals surface area contributed by atoms with Gasteiger partial charge in [-0.25, -0.2) is 8.78 Å². The third-order valence-corrected chi connectivity index (χ3v) is 4.12. The maximum Gasteiger partial charge on any atom is 0.309 e. The Bertz CT molecular complexity index is 744. The Hall–Kier alpha value is -2.24. The molecule has 0 amide bonds. The second-order valence-electron chi connectivity index (χ2n) is 7.12. The van der Waals surface area contributed by atoms with Gasteiger partial charge in [-0.2, -0.15) is 0 Å². The van der Waals surface area contributed by atoms with Gasteiger partial charge in [-0.3, -0.25) is 4.79 Å². The normalized spacial score (nSPS) is 20.0. The van der Waals surface area contributed by atoms with Crippen molar-refractivity contribution in [1.82, 2.24) is 5.16 Å². The lowest BCUT2D eigenvalue weighted by Crippen LogP contribution is -2.10. The minimum atomic E-state index is -0.623. The van der Waals surface area contributed by atoms with Crippen molar-refractivity contribution in [2.75, 3.05) is 0 Å². The molecule has 1 aromatic heterocycles.